The molecule has 1 aliphatic heterocycles. The number of aromatic amines is 1. The second-order valence-corrected chi connectivity index (χ2v) is 8.79. The SMILES string of the molecule is O=C(C1=NNCC1S(=O)(=O)Cc1n[nH]c(=S)s1)c1ccccc1. The maximum Gasteiger partial charge on any atom is 0.210 e. The Morgan fingerprint density at radius 2 is 2.09 bits per heavy atom. The minimum absolute atomic E-state index is 0.00957. The molecular weight excluding hydrogens is 356 g/mol. The molecule has 0 radical (unpaired) electrons. The molecule has 0 spiro atoms. The van der Waals surface area contributed by atoms with Crippen molar-refractivity contribution in [1.29, 1.82) is 0 Å². The number of hydrazone groups is 1. The Morgan fingerprint density at radius 1 is 1.35 bits per heavy atom. The van der Waals surface area contributed by atoms with Crippen LogP contribution < -0.4 is 5.43 Å². The van der Waals surface area contributed by atoms with Crippen molar-refractivity contribution >= 4 is 44.9 Å². The van der Waals surface area contributed by atoms with Gasteiger partial charge in [0.15, 0.2) is 13.8 Å². The third-order valence-electron chi connectivity index (χ3n) is 3.29. The second-order valence-electron chi connectivity index (χ2n) is 4.86. The van der Waals surface area contributed by atoms with Crippen molar-refractivity contribution in [3.8, 4) is 0 Å². The molecule has 0 fully saturated rings. The van der Waals surface area contributed by atoms with E-state index in [1.54, 1.807) is 30.3 Å². The van der Waals surface area contributed by atoms with E-state index in [0.29, 0.717) is 14.5 Å². The number of hydrogen-bond acceptors (Lipinski definition) is 8. The molecule has 0 bridgehead atoms. The number of sulfone groups is 1. The van der Waals surface area contributed by atoms with Gasteiger partial charge in [0.25, 0.3) is 0 Å². The lowest BCUT2D eigenvalue weighted by Gasteiger charge is -2.11. The van der Waals surface area contributed by atoms with E-state index in [-0.39, 0.29) is 23.8 Å². The normalized spacial score (nSPS) is 17.6. The summed E-state index contributed by atoms with van der Waals surface area (Å²) in [7, 11) is -3.63. The summed E-state index contributed by atoms with van der Waals surface area (Å²) < 4.78 is 25.6. The predicted molar refractivity (Wildman–Crippen MR) is 89.9 cm³/mol. The van der Waals surface area contributed by atoms with Crippen LogP contribution in [0, 0.1) is 3.95 Å². The average molecular weight is 368 g/mol. The summed E-state index contributed by atoms with van der Waals surface area (Å²) in [5.74, 6) is -0.669. The summed E-state index contributed by atoms with van der Waals surface area (Å²) >= 11 is 6.00. The molecule has 23 heavy (non-hydrogen) atoms. The molecule has 2 N–H and O–H groups in total. The Bertz CT molecular complexity index is 915. The summed E-state index contributed by atoms with van der Waals surface area (Å²) in [5, 5.41) is 9.69. The molecule has 1 atom stereocenters. The first kappa shape index (κ1) is 16.0. The highest BCUT2D eigenvalue weighted by atomic mass is 32.2. The Labute approximate surface area is 141 Å². The fraction of sp³-hybridized carbons (Fsp3) is 0.231. The highest BCUT2D eigenvalue weighted by molar-refractivity contribution is 7.92. The van der Waals surface area contributed by atoms with Crippen molar-refractivity contribution in [2.45, 2.75) is 11.0 Å². The highest BCUT2D eigenvalue weighted by Crippen LogP contribution is 2.18. The quantitative estimate of drug-likeness (QED) is 0.609. The molecule has 7 nitrogen and oxygen atoms in total. The van der Waals surface area contributed by atoms with Gasteiger partial charge in [0.2, 0.25) is 5.78 Å². The molecule has 2 aromatic rings. The zero-order chi connectivity index (χ0) is 16.4. The zero-order valence-corrected chi connectivity index (χ0v) is 14.2. The van der Waals surface area contributed by atoms with Gasteiger partial charge in [0.05, 0.1) is 6.54 Å². The molecule has 1 aromatic heterocycles. The average Bonchev–Trinajstić information content (AvgIpc) is 3.16. The first-order valence-corrected chi connectivity index (χ1v) is 9.57. The maximum atomic E-state index is 12.6. The van der Waals surface area contributed by atoms with Crippen LogP contribution in [0.25, 0.3) is 0 Å². The molecule has 10 heteroatoms. The number of hydrogen-bond donors (Lipinski definition) is 2. The molecule has 120 valence electrons. The first-order valence-electron chi connectivity index (χ1n) is 6.63. The van der Waals surface area contributed by atoms with Crippen molar-refractivity contribution in [2.75, 3.05) is 6.54 Å². The fourth-order valence-corrected chi connectivity index (χ4v) is 5.11. The number of benzene rings is 1. The number of rotatable bonds is 5. The number of nitrogens with one attached hydrogen (secondary N) is 2. The van der Waals surface area contributed by atoms with Crippen LogP contribution >= 0.6 is 23.6 Å². The minimum Gasteiger partial charge on any atom is -0.308 e. The number of H-pyrrole nitrogens is 1. The van der Waals surface area contributed by atoms with Crippen LogP contribution in [-0.4, -0.2) is 41.9 Å². The molecule has 2 heterocycles. The molecular formula is C13H12N4O3S3. The highest BCUT2D eigenvalue weighted by Gasteiger charge is 2.38. The van der Waals surface area contributed by atoms with Crippen LogP contribution in [0.2, 0.25) is 0 Å². The largest absolute Gasteiger partial charge is 0.308 e. The predicted octanol–water partition coefficient (Wildman–Crippen LogP) is 1.33. The topological polar surface area (TPSA) is 104 Å². The monoisotopic (exact) mass is 368 g/mol. The van der Waals surface area contributed by atoms with Crippen LogP contribution in [-0.2, 0) is 15.6 Å². The van der Waals surface area contributed by atoms with Gasteiger partial charge in [-0.1, -0.05) is 41.7 Å². The smallest absolute Gasteiger partial charge is 0.210 e. The number of aromatic nitrogens is 2. The molecule has 1 aromatic carbocycles. The van der Waals surface area contributed by atoms with Crippen molar-refractivity contribution < 1.29 is 13.2 Å². The summed E-state index contributed by atoms with van der Waals surface area (Å²) in [5.41, 5.74) is 3.03. The first-order chi connectivity index (χ1) is 11.0. The minimum atomic E-state index is -3.63. The molecule has 1 unspecified atom stereocenters. The van der Waals surface area contributed by atoms with Crippen LogP contribution in [0.1, 0.15) is 15.4 Å². The van der Waals surface area contributed by atoms with Crippen LogP contribution in [0.4, 0.5) is 0 Å². The standard InChI is InChI=1S/C13H12N4O3S3/c18-12(8-4-2-1-3-5-8)11-9(6-14-16-11)23(19,20)7-10-15-17-13(21)22-10/h1-5,9,14H,6-7H2,(H,17,21). The van der Waals surface area contributed by atoms with Crippen LogP contribution in [0.15, 0.2) is 35.4 Å². The van der Waals surface area contributed by atoms with Gasteiger partial charge in [-0.25, -0.2) is 8.42 Å². The lowest BCUT2D eigenvalue weighted by atomic mass is 10.1. The summed E-state index contributed by atoms with van der Waals surface area (Å²) in [6, 6.07) is 8.48. The van der Waals surface area contributed by atoms with E-state index in [2.05, 4.69) is 20.7 Å². The summed E-state index contributed by atoms with van der Waals surface area (Å²) in [6.07, 6.45) is 0. The van der Waals surface area contributed by atoms with E-state index >= 15 is 0 Å². The third kappa shape index (κ3) is 3.38. The second kappa shape index (κ2) is 6.30. The molecule has 0 saturated heterocycles. The van der Waals surface area contributed by atoms with Crippen molar-refractivity contribution in [1.82, 2.24) is 15.6 Å². The lowest BCUT2D eigenvalue weighted by molar-refractivity contribution is 0.106. The number of ketones is 1. The van der Waals surface area contributed by atoms with E-state index in [1.807, 2.05) is 0 Å². The summed E-state index contributed by atoms with van der Waals surface area (Å²) in [4.78, 5) is 12.5. The molecule has 0 saturated carbocycles. The lowest BCUT2D eigenvalue weighted by Crippen LogP contribution is -2.36. The third-order valence-corrected chi connectivity index (χ3v) is 6.50. The number of nitrogens with zero attached hydrogens (tertiary/aromatic N) is 2. The maximum absolute atomic E-state index is 12.6. The molecule has 1 aliphatic rings. The van der Waals surface area contributed by atoms with Crippen LogP contribution in [0.3, 0.4) is 0 Å². The Hall–Kier alpha value is -1.91. The van der Waals surface area contributed by atoms with E-state index in [4.69, 9.17) is 12.2 Å². The van der Waals surface area contributed by atoms with Gasteiger partial charge in [-0.3, -0.25) is 9.89 Å². The van der Waals surface area contributed by atoms with Gasteiger partial charge in [0.1, 0.15) is 21.7 Å². The van der Waals surface area contributed by atoms with Crippen LogP contribution in [0.5, 0.6) is 0 Å². The summed E-state index contributed by atoms with van der Waals surface area (Å²) in [6.45, 7) is 0.0755. The number of carbonyl (C=O) groups excluding carboxylic acids is 1. The van der Waals surface area contributed by atoms with Crippen molar-refractivity contribution in [3.05, 3.63) is 44.9 Å². The number of carbonyl (C=O) groups is 1. The fourth-order valence-electron chi connectivity index (χ4n) is 2.21. The van der Waals surface area contributed by atoms with Gasteiger partial charge in [-0.2, -0.15) is 10.2 Å². The van der Waals surface area contributed by atoms with E-state index in [9.17, 15) is 13.2 Å². The Balaban J connectivity index is 1.86. The van der Waals surface area contributed by atoms with E-state index in [1.165, 1.54) is 0 Å². The van der Waals surface area contributed by atoms with Gasteiger partial charge in [-0.15, -0.1) is 0 Å². The van der Waals surface area contributed by atoms with Crippen molar-refractivity contribution in [3.63, 3.8) is 0 Å². The Morgan fingerprint density at radius 3 is 2.74 bits per heavy atom. The van der Waals surface area contributed by atoms with Gasteiger partial charge >= 0.3 is 0 Å². The molecule has 0 aliphatic carbocycles. The zero-order valence-electron chi connectivity index (χ0n) is 11.7. The number of Topliss-reactive ketones (excluding diaryl/α,β-unsaturated/α-hetero) is 1. The van der Waals surface area contributed by atoms with Gasteiger partial charge in [0, 0.05) is 5.56 Å². The van der Waals surface area contributed by atoms with E-state index in [0.717, 1.165) is 11.3 Å². The van der Waals surface area contributed by atoms with Gasteiger partial charge in [-0.05, 0) is 12.2 Å². The Kier molecular flexibility index (Phi) is 4.37. The van der Waals surface area contributed by atoms with Gasteiger partial charge < -0.3 is 5.43 Å². The molecule has 0 amide bonds. The van der Waals surface area contributed by atoms with E-state index < -0.39 is 15.1 Å². The van der Waals surface area contributed by atoms with Crippen molar-refractivity contribution in [2.24, 2.45) is 5.10 Å². The molecule has 3 rings (SSSR count).